The average Bonchev–Trinajstić information content (AvgIpc) is 3.07. The number of hydrogen-bond acceptors (Lipinski definition) is 8. The van der Waals surface area contributed by atoms with Crippen LogP contribution in [0.3, 0.4) is 0 Å². The molecule has 11 heteroatoms. The minimum Gasteiger partial charge on any atom is -0.411 e. The summed E-state index contributed by atoms with van der Waals surface area (Å²) >= 11 is 2.24. The first-order chi connectivity index (χ1) is 10.8. The van der Waals surface area contributed by atoms with E-state index in [1.54, 1.807) is 0 Å². The van der Waals surface area contributed by atoms with E-state index >= 15 is 0 Å². The normalized spacial score (nSPS) is 11.8. The van der Waals surface area contributed by atoms with Crippen molar-refractivity contribution in [3.63, 3.8) is 0 Å². The number of hydrogen-bond donors (Lipinski definition) is 1. The highest BCUT2D eigenvalue weighted by molar-refractivity contribution is 8.00. The summed E-state index contributed by atoms with van der Waals surface area (Å²) in [6.45, 7) is 1.45. The van der Waals surface area contributed by atoms with Crippen molar-refractivity contribution in [2.24, 2.45) is 0 Å². The van der Waals surface area contributed by atoms with Crippen LogP contribution in [-0.2, 0) is 6.18 Å². The average molecular weight is 359 g/mol. The maximum Gasteiger partial charge on any atom is 0.417 e. The Kier molecular flexibility index (Phi) is 3.98. The Morgan fingerprint density at radius 3 is 2.70 bits per heavy atom. The quantitative estimate of drug-likeness (QED) is 0.763. The molecule has 0 radical (unpaired) electrons. The van der Waals surface area contributed by atoms with Crippen LogP contribution >= 0.6 is 23.1 Å². The van der Waals surface area contributed by atoms with Crippen molar-refractivity contribution < 1.29 is 17.6 Å². The Morgan fingerprint density at radius 1 is 1.26 bits per heavy atom. The van der Waals surface area contributed by atoms with E-state index in [0.717, 1.165) is 24.0 Å². The number of nitrogen functional groups attached to an aromatic ring is 1. The van der Waals surface area contributed by atoms with Crippen LogP contribution in [0.1, 0.15) is 11.3 Å². The first-order valence-corrected chi connectivity index (χ1v) is 7.73. The van der Waals surface area contributed by atoms with Crippen molar-refractivity contribution in [1.82, 2.24) is 20.2 Å². The molecule has 3 aromatic heterocycles. The molecule has 0 aliphatic rings. The van der Waals surface area contributed by atoms with Gasteiger partial charge in [-0.05, 0) is 13.0 Å². The van der Waals surface area contributed by atoms with Crippen molar-refractivity contribution in [3.8, 4) is 11.5 Å². The molecule has 0 spiro atoms. The lowest BCUT2D eigenvalue weighted by molar-refractivity contribution is -0.137. The number of halogens is 3. The number of anilines is 1. The van der Waals surface area contributed by atoms with Gasteiger partial charge in [0.25, 0.3) is 11.1 Å². The molecule has 0 aromatic carbocycles. The maximum absolute atomic E-state index is 13.1. The van der Waals surface area contributed by atoms with Crippen LogP contribution in [0.2, 0.25) is 0 Å². The minimum absolute atomic E-state index is 0.0747. The van der Waals surface area contributed by atoms with Crippen molar-refractivity contribution in [3.05, 3.63) is 29.7 Å². The van der Waals surface area contributed by atoms with Crippen molar-refractivity contribution in [1.29, 1.82) is 0 Å². The van der Waals surface area contributed by atoms with Crippen LogP contribution in [0.25, 0.3) is 11.5 Å². The highest BCUT2D eigenvalue weighted by atomic mass is 32.2. The smallest absolute Gasteiger partial charge is 0.411 e. The Labute approximate surface area is 136 Å². The lowest BCUT2D eigenvalue weighted by atomic mass is 10.1. The first kappa shape index (κ1) is 15.7. The van der Waals surface area contributed by atoms with Gasteiger partial charge in [0.2, 0.25) is 0 Å². The van der Waals surface area contributed by atoms with Crippen LogP contribution in [0, 0.1) is 6.92 Å². The van der Waals surface area contributed by atoms with Gasteiger partial charge in [-0.1, -0.05) is 11.3 Å². The largest absolute Gasteiger partial charge is 0.417 e. The van der Waals surface area contributed by atoms with Crippen LogP contribution < -0.4 is 5.73 Å². The topological polar surface area (TPSA) is 90.7 Å². The number of aromatic nitrogens is 4. The van der Waals surface area contributed by atoms with Crippen LogP contribution in [0.5, 0.6) is 0 Å². The molecule has 3 heterocycles. The zero-order chi connectivity index (χ0) is 16.6. The van der Waals surface area contributed by atoms with E-state index in [4.69, 9.17) is 10.2 Å². The van der Waals surface area contributed by atoms with Crippen LogP contribution in [-0.4, -0.2) is 20.2 Å². The summed E-state index contributed by atoms with van der Waals surface area (Å²) in [6.07, 6.45) is -1.99. The second kappa shape index (κ2) is 5.81. The molecule has 2 N–H and O–H groups in total. The highest BCUT2D eigenvalue weighted by Gasteiger charge is 2.36. The molecule has 6 nitrogen and oxygen atoms in total. The standard InChI is InChI=1S/C12H8F3N5OS2/c1-5-8(6(2-3-17-5)12(13,14)15)9-19-20-10(21-9)23-11-18-4-7(16)22-11/h2-4H,16H2,1H3. The fraction of sp³-hybridized carbons (Fsp3) is 0.167. The van der Waals surface area contributed by atoms with E-state index in [-0.39, 0.29) is 22.4 Å². The molecular formula is C12H8F3N5OS2. The predicted octanol–water partition coefficient (Wildman–Crippen LogP) is 3.65. The summed E-state index contributed by atoms with van der Waals surface area (Å²) in [5.41, 5.74) is 4.61. The van der Waals surface area contributed by atoms with Gasteiger partial charge in [-0.25, -0.2) is 4.98 Å². The summed E-state index contributed by atoms with van der Waals surface area (Å²) in [5, 5.41) is 8.01. The van der Waals surface area contributed by atoms with Gasteiger partial charge < -0.3 is 10.2 Å². The molecule has 0 atom stereocenters. The van der Waals surface area contributed by atoms with Crippen molar-refractivity contribution in [2.45, 2.75) is 22.7 Å². The van der Waals surface area contributed by atoms with Gasteiger partial charge in [-0.3, -0.25) is 4.98 Å². The van der Waals surface area contributed by atoms with Gasteiger partial charge in [0, 0.05) is 18.0 Å². The van der Waals surface area contributed by atoms with Gasteiger partial charge in [0.15, 0.2) is 4.34 Å². The van der Waals surface area contributed by atoms with E-state index < -0.39 is 11.7 Å². The van der Waals surface area contributed by atoms with E-state index in [1.165, 1.54) is 24.5 Å². The molecule has 0 amide bonds. The third kappa shape index (κ3) is 3.29. The van der Waals surface area contributed by atoms with E-state index in [2.05, 4.69) is 20.2 Å². The van der Waals surface area contributed by atoms with Crippen molar-refractivity contribution >= 4 is 28.1 Å². The molecule has 0 saturated carbocycles. The fourth-order valence-corrected chi connectivity index (χ4v) is 3.36. The lowest BCUT2D eigenvalue weighted by Gasteiger charge is -2.11. The van der Waals surface area contributed by atoms with Gasteiger partial charge in [-0.15, -0.1) is 10.2 Å². The Balaban J connectivity index is 1.97. The number of pyridine rings is 1. The Bertz CT molecular complexity index is 845. The Morgan fingerprint density at radius 2 is 2.04 bits per heavy atom. The van der Waals surface area contributed by atoms with E-state index in [9.17, 15) is 13.2 Å². The zero-order valence-electron chi connectivity index (χ0n) is 11.5. The predicted molar refractivity (Wildman–Crippen MR) is 77.9 cm³/mol. The Hall–Kier alpha value is -2.14. The molecule has 23 heavy (non-hydrogen) atoms. The van der Waals surface area contributed by atoms with Crippen LogP contribution in [0.15, 0.2) is 32.4 Å². The third-order valence-electron chi connectivity index (χ3n) is 2.74. The molecule has 0 unspecified atom stereocenters. The summed E-state index contributed by atoms with van der Waals surface area (Å²) in [5.74, 6) is -0.241. The number of rotatable bonds is 3. The molecule has 0 aliphatic carbocycles. The molecule has 0 bridgehead atoms. The molecule has 3 rings (SSSR count). The second-order valence-electron chi connectivity index (χ2n) is 4.32. The number of nitrogens with two attached hydrogens (primary N) is 1. The molecule has 0 saturated heterocycles. The molecule has 0 fully saturated rings. The summed E-state index contributed by atoms with van der Waals surface area (Å²) in [7, 11) is 0. The van der Waals surface area contributed by atoms with Crippen molar-refractivity contribution in [2.75, 3.05) is 5.73 Å². The van der Waals surface area contributed by atoms with Crippen LogP contribution in [0.4, 0.5) is 18.2 Å². The zero-order valence-corrected chi connectivity index (χ0v) is 13.1. The first-order valence-electron chi connectivity index (χ1n) is 6.10. The van der Waals surface area contributed by atoms with E-state index in [0.29, 0.717) is 9.34 Å². The third-order valence-corrected chi connectivity index (χ3v) is 4.48. The monoisotopic (exact) mass is 359 g/mol. The van der Waals surface area contributed by atoms with E-state index in [1.807, 2.05) is 0 Å². The number of alkyl halides is 3. The van der Waals surface area contributed by atoms with Gasteiger partial charge in [0.1, 0.15) is 5.00 Å². The van der Waals surface area contributed by atoms with Gasteiger partial charge in [0.05, 0.1) is 23.0 Å². The number of thiazole rings is 1. The molecule has 3 aromatic rings. The SMILES string of the molecule is Cc1nccc(C(F)(F)F)c1-c1nnc(Sc2ncc(N)s2)o1. The second-order valence-corrected chi connectivity index (χ2v) is 6.58. The summed E-state index contributed by atoms with van der Waals surface area (Å²) < 4.78 is 45.3. The summed E-state index contributed by atoms with van der Waals surface area (Å²) in [4.78, 5) is 7.87. The maximum atomic E-state index is 13.1. The number of nitrogens with zero attached hydrogens (tertiary/aromatic N) is 4. The number of aryl methyl sites for hydroxylation is 1. The highest BCUT2D eigenvalue weighted by Crippen LogP contribution is 2.39. The van der Waals surface area contributed by atoms with Gasteiger partial charge >= 0.3 is 6.18 Å². The molecule has 120 valence electrons. The molecule has 0 aliphatic heterocycles. The fourth-order valence-electron chi connectivity index (χ4n) is 1.82. The molecular weight excluding hydrogens is 351 g/mol. The minimum atomic E-state index is -4.55. The van der Waals surface area contributed by atoms with Gasteiger partial charge in [-0.2, -0.15) is 13.2 Å². The lowest BCUT2D eigenvalue weighted by Crippen LogP contribution is -2.09. The summed E-state index contributed by atoms with van der Waals surface area (Å²) in [6, 6.07) is 0.876.